The third kappa shape index (κ3) is 4.90. The minimum Gasteiger partial charge on any atom is -0.347 e. The number of hydrogen-bond acceptors (Lipinski definition) is 8. The van der Waals surface area contributed by atoms with Gasteiger partial charge in [-0.05, 0) is 23.8 Å². The maximum Gasteiger partial charge on any atom is 0.243 e. The molecule has 11 heteroatoms. The van der Waals surface area contributed by atoms with E-state index in [1.54, 1.807) is 44.2 Å². The lowest BCUT2D eigenvalue weighted by Crippen LogP contribution is -2.30. The first kappa shape index (κ1) is 26.9. The number of thioether (sulfide) groups is 1. The third-order valence-corrected chi connectivity index (χ3v) is 9.69. The zero-order valence-electron chi connectivity index (χ0n) is 21.7. The smallest absolute Gasteiger partial charge is 0.243 e. The Labute approximate surface area is 222 Å². The van der Waals surface area contributed by atoms with Gasteiger partial charge in [-0.15, -0.1) is 10.2 Å². The number of anilines is 1. The van der Waals surface area contributed by atoms with E-state index in [0.29, 0.717) is 29.6 Å². The van der Waals surface area contributed by atoms with Crippen molar-refractivity contribution in [3.05, 3.63) is 65.9 Å². The highest BCUT2D eigenvalue weighted by molar-refractivity contribution is 7.99. The Hall–Kier alpha value is -3.15. The molecule has 9 nitrogen and oxygen atoms in total. The van der Waals surface area contributed by atoms with Crippen LogP contribution in [0.5, 0.6) is 0 Å². The molecule has 4 rings (SSSR count). The molecule has 0 unspecified atom stereocenters. The molecule has 0 saturated carbocycles. The molecular weight excluding hydrogens is 508 g/mol. The minimum atomic E-state index is -3.63. The first-order valence-electron chi connectivity index (χ1n) is 12.0. The van der Waals surface area contributed by atoms with Crippen LogP contribution in [0.3, 0.4) is 0 Å². The molecule has 1 aromatic heterocycles. The summed E-state index contributed by atoms with van der Waals surface area (Å²) in [5.74, 6) is 6.64. The molecule has 37 heavy (non-hydrogen) atoms. The standard InChI is InChI=1S/C26H32N6O3S2/c1-6-31(7-2)37(34,35)20-12-10-11-18(15-20)24-28-29-25(32(24)27)36-17-19(33)16-23-26(3,4)21-13-8-9-14-22(21)30(23)5/h8-16H,6-7,17,27H2,1-5H3/b23-16-. The summed E-state index contributed by atoms with van der Waals surface area (Å²) >= 11 is 1.19. The van der Waals surface area contributed by atoms with Crippen molar-refractivity contribution in [3.8, 4) is 11.4 Å². The molecule has 0 fully saturated rings. The fourth-order valence-corrected chi connectivity index (χ4v) is 6.85. The Bertz CT molecular complexity index is 1460. The first-order valence-corrected chi connectivity index (χ1v) is 14.5. The Morgan fingerprint density at radius 1 is 1.11 bits per heavy atom. The minimum absolute atomic E-state index is 0.0652. The van der Waals surface area contributed by atoms with E-state index in [-0.39, 0.29) is 21.8 Å². The van der Waals surface area contributed by atoms with Crippen molar-refractivity contribution >= 4 is 33.3 Å². The van der Waals surface area contributed by atoms with Crippen molar-refractivity contribution in [1.29, 1.82) is 0 Å². The van der Waals surface area contributed by atoms with Gasteiger partial charge in [0.25, 0.3) is 0 Å². The molecule has 2 aromatic carbocycles. The topological polar surface area (TPSA) is 114 Å². The van der Waals surface area contributed by atoms with Gasteiger partial charge in [0.15, 0.2) is 11.6 Å². The van der Waals surface area contributed by atoms with Crippen LogP contribution in [0.1, 0.15) is 33.3 Å². The number of allylic oxidation sites excluding steroid dienone is 2. The van der Waals surface area contributed by atoms with E-state index in [9.17, 15) is 13.2 Å². The van der Waals surface area contributed by atoms with E-state index in [2.05, 4.69) is 41.1 Å². The molecule has 0 atom stereocenters. The van der Waals surface area contributed by atoms with Crippen LogP contribution < -0.4 is 10.7 Å². The van der Waals surface area contributed by atoms with Crippen molar-refractivity contribution in [1.82, 2.24) is 19.2 Å². The summed E-state index contributed by atoms with van der Waals surface area (Å²) in [6.45, 7) is 8.57. The molecule has 1 aliphatic heterocycles. The lowest BCUT2D eigenvalue weighted by molar-refractivity contribution is -0.112. The van der Waals surface area contributed by atoms with Crippen LogP contribution in [-0.2, 0) is 20.2 Å². The van der Waals surface area contributed by atoms with Crippen LogP contribution >= 0.6 is 11.8 Å². The van der Waals surface area contributed by atoms with E-state index in [1.807, 2.05) is 19.2 Å². The van der Waals surface area contributed by atoms with Gasteiger partial charge in [0, 0.05) is 48.6 Å². The number of hydrogen-bond donors (Lipinski definition) is 1. The lowest BCUT2D eigenvalue weighted by atomic mass is 9.83. The lowest BCUT2D eigenvalue weighted by Gasteiger charge is -2.23. The molecular formula is C26H32N6O3S2. The van der Waals surface area contributed by atoms with Crippen LogP contribution in [0.2, 0.25) is 0 Å². The summed E-state index contributed by atoms with van der Waals surface area (Å²) in [5.41, 5.74) is 3.44. The molecule has 0 amide bonds. The number of para-hydroxylation sites is 1. The van der Waals surface area contributed by atoms with E-state index in [4.69, 9.17) is 5.84 Å². The Balaban J connectivity index is 1.51. The molecule has 2 N–H and O–H groups in total. The molecule has 0 spiro atoms. The van der Waals surface area contributed by atoms with Crippen molar-refractivity contribution in [3.63, 3.8) is 0 Å². The number of sulfonamides is 1. The second kappa shape index (κ2) is 10.3. The normalized spacial score (nSPS) is 15.9. The predicted molar refractivity (Wildman–Crippen MR) is 147 cm³/mol. The highest BCUT2D eigenvalue weighted by Crippen LogP contribution is 2.46. The quantitative estimate of drug-likeness (QED) is 0.248. The van der Waals surface area contributed by atoms with Crippen LogP contribution in [-0.4, -0.2) is 59.3 Å². The van der Waals surface area contributed by atoms with Crippen LogP contribution in [0.4, 0.5) is 5.69 Å². The average molecular weight is 541 g/mol. The number of nitrogens with zero attached hydrogens (tertiary/aromatic N) is 5. The van der Waals surface area contributed by atoms with E-state index < -0.39 is 10.0 Å². The van der Waals surface area contributed by atoms with Crippen molar-refractivity contribution < 1.29 is 13.2 Å². The largest absolute Gasteiger partial charge is 0.347 e. The Morgan fingerprint density at radius 3 is 2.49 bits per heavy atom. The number of nitrogens with two attached hydrogens (primary N) is 1. The number of aromatic nitrogens is 3. The van der Waals surface area contributed by atoms with Gasteiger partial charge in [0.1, 0.15) is 0 Å². The summed E-state index contributed by atoms with van der Waals surface area (Å²) in [5, 5.41) is 8.66. The van der Waals surface area contributed by atoms with Gasteiger partial charge in [-0.25, -0.2) is 13.1 Å². The first-order chi connectivity index (χ1) is 17.5. The van der Waals surface area contributed by atoms with Gasteiger partial charge >= 0.3 is 0 Å². The van der Waals surface area contributed by atoms with Gasteiger partial charge in [0.05, 0.1) is 10.6 Å². The molecule has 0 radical (unpaired) electrons. The number of carbonyl (C=O) groups excluding carboxylic acids is 1. The maximum atomic E-state index is 12.9. The Kier molecular flexibility index (Phi) is 7.50. The number of benzene rings is 2. The second-order valence-corrected chi connectivity index (χ2v) is 12.2. The van der Waals surface area contributed by atoms with Gasteiger partial charge in [-0.2, -0.15) is 4.31 Å². The summed E-state index contributed by atoms with van der Waals surface area (Å²) in [6.07, 6.45) is 1.69. The van der Waals surface area contributed by atoms with Crippen LogP contribution in [0.15, 0.2) is 70.4 Å². The van der Waals surface area contributed by atoms with E-state index >= 15 is 0 Å². The average Bonchev–Trinajstić information content (AvgIpc) is 3.34. The number of rotatable bonds is 9. The number of nitrogen functional groups attached to an aromatic ring is 1. The number of likely N-dealkylation sites (N-methyl/N-ethyl adjacent to an activating group) is 1. The van der Waals surface area contributed by atoms with Gasteiger partial charge < -0.3 is 10.7 Å². The predicted octanol–water partition coefficient (Wildman–Crippen LogP) is 3.66. The van der Waals surface area contributed by atoms with Crippen molar-refractivity contribution in [2.75, 3.05) is 36.6 Å². The van der Waals surface area contributed by atoms with Crippen molar-refractivity contribution in [2.24, 2.45) is 0 Å². The highest BCUT2D eigenvalue weighted by Gasteiger charge is 2.38. The van der Waals surface area contributed by atoms with Gasteiger partial charge in [-0.3, -0.25) is 4.79 Å². The Morgan fingerprint density at radius 2 is 1.81 bits per heavy atom. The summed E-state index contributed by atoms with van der Waals surface area (Å²) in [7, 11) is -1.66. The molecule has 0 saturated heterocycles. The molecule has 3 aromatic rings. The van der Waals surface area contributed by atoms with Gasteiger partial charge in [-0.1, -0.05) is 69.8 Å². The molecule has 1 aliphatic rings. The summed E-state index contributed by atoms with van der Waals surface area (Å²) in [4.78, 5) is 15.1. The summed E-state index contributed by atoms with van der Waals surface area (Å²) in [6, 6.07) is 14.6. The van der Waals surface area contributed by atoms with E-state index in [1.165, 1.54) is 26.3 Å². The zero-order valence-corrected chi connectivity index (χ0v) is 23.3. The van der Waals surface area contributed by atoms with E-state index in [0.717, 1.165) is 11.4 Å². The fourth-order valence-electron chi connectivity index (χ4n) is 4.67. The monoisotopic (exact) mass is 540 g/mol. The highest BCUT2D eigenvalue weighted by atomic mass is 32.2. The van der Waals surface area contributed by atoms with Crippen molar-refractivity contribution in [2.45, 2.75) is 43.2 Å². The molecule has 0 bridgehead atoms. The van der Waals surface area contributed by atoms with Gasteiger partial charge in [0.2, 0.25) is 15.2 Å². The van der Waals surface area contributed by atoms with Crippen LogP contribution in [0.25, 0.3) is 11.4 Å². The fraction of sp³-hybridized carbons (Fsp3) is 0.346. The second-order valence-electron chi connectivity index (χ2n) is 9.28. The third-order valence-electron chi connectivity index (χ3n) is 6.68. The molecule has 2 heterocycles. The SMILES string of the molecule is CCN(CC)S(=O)(=O)c1cccc(-c2nnc(SCC(=O)/C=C3\N(C)c4ccccc4C3(C)C)n2N)c1. The molecule has 0 aliphatic carbocycles. The number of fused-ring (bicyclic) bond motifs is 1. The molecule has 196 valence electrons. The number of ketones is 1. The summed E-state index contributed by atoms with van der Waals surface area (Å²) < 4.78 is 28.5. The number of carbonyl (C=O) groups is 1. The maximum absolute atomic E-state index is 12.9. The van der Waals surface area contributed by atoms with Crippen LogP contribution in [0, 0.1) is 0 Å². The zero-order chi connectivity index (χ0) is 27.0.